The molecule has 0 aliphatic heterocycles. The molecule has 0 saturated carbocycles. The molecule has 0 spiro atoms. The van der Waals surface area contributed by atoms with Gasteiger partial charge in [-0.05, 0) is 13.8 Å². The first kappa shape index (κ1) is 8.81. The largest absolute Gasteiger partial charge is 0.362 e. The monoisotopic (exact) mass is 146 g/mol. The zero-order valence-electron chi connectivity index (χ0n) is 5.78. The number of hydrogen-bond donors (Lipinski definition) is 0. The van der Waals surface area contributed by atoms with Crippen molar-refractivity contribution in [2.24, 2.45) is 0 Å². The molecule has 0 aromatic heterocycles. The Balaban J connectivity index is 3.49. The minimum absolute atomic E-state index is 0.463. The van der Waals surface area contributed by atoms with Gasteiger partial charge in [0.1, 0.15) is 5.60 Å². The predicted molar refractivity (Wildman–Crippen MR) is 39.6 cm³/mol. The van der Waals surface area contributed by atoms with E-state index in [2.05, 4.69) is 5.92 Å². The Morgan fingerprint density at radius 3 is 2.56 bits per heavy atom. The number of hydrogen-bond acceptors (Lipinski definition) is 1. The van der Waals surface area contributed by atoms with Crippen molar-refractivity contribution in [1.82, 2.24) is 0 Å². The summed E-state index contributed by atoms with van der Waals surface area (Å²) >= 11 is 5.37. The van der Waals surface area contributed by atoms with Crippen molar-refractivity contribution in [2.75, 3.05) is 12.5 Å². The van der Waals surface area contributed by atoms with Crippen LogP contribution in [0.15, 0.2) is 0 Å². The molecule has 0 aromatic rings. The first-order chi connectivity index (χ1) is 4.12. The summed E-state index contributed by atoms with van der Waals surface area (Å²) in [4.78, 5) is 0. The van der Waals surface area contributed by atoms with Gasteiger partial charge in [-0.2, -0.15) is 0 Å². The van der Waals surface area contributed by atoms with Crippen LogP contribution >= 0.6 is 11.6 Å². The highest BCUT2D eigenvalue weighted by Gasteiger charge is 2.12. The molecule has 0 heterocycles. The molecular formula is C7H11ClO. The van der Waals surface area contributed by atoms with Crippen LogP contribution in [0.3, 0.4) is 0 Å². The minimum Gasteiger partial charge on any atom is -0.362 e. The summed E-state index contributed by atoms with van der Waals surface area (Å²) in [6.45, 7) is 4.18. The quantitative estimate of drug-likeness (QED) is 0.435. The lowest BCUT2D eigenvalue weighted by Gasteiger charge is -2.16. The zero-order chi connectivity index (χ0) is 7.33. The molecule has 0 bridgehead atoms. The van der Waals surface area contributed by atoms with E-state index in [0.29, 0.717) is 12.5 Å². The Labute approximate surface area is 61.3 Å². The smallest absolute Gasteiger partial charge is 0.122 e. The molecule has 0 unspecified atom stereocenters. The Bertz CT molecular complexity index is 113. The van der Waals surface area contributed by atoms with E-state index in [-0.39, 0.29) is 0 Å². The van der Waals surface area contributed by atoms with Crippen LogP contribution in [0.5, 0.6) is 0 Å². The molecule has 9 heavy (non-hydrogen) atoms. The average molecular weight is 147 g/mol. The molecule has 0 aliphatic carbocycles. The molecule has 0 fully saturated rings. The van der Waals surface area contributed by atoms with Gasteiger partial charge in [0.2, 0.25) is 0 Å². The molecule has 0 N–H and O–H groups in total. The van der Waals surface area contributed by atoms with Gasteiger partial charge >= 0.3 is 0 Å². The van der Waals surface area contributed by atoms with Crippen molar-refractivity contribution in [3.8, 4) is 12.3 Å². The highest BCUT2D eigenvalue weighted by Crippen LogP contribution is 2.05. The molecule has 52 valence electrons. The van der Waals surface area contributed by atoms with E-state index in [1.165, 1.54) is 0 Å². The standard InChI is InChI=1S/C7H11ClO/c1-4-7(2,3)9-6-5-8/h1H,5-6H2,2-3H3. The highest BCUT2D eigenvalue weighted by atomic mass is 35.5. The van der Waals surface area contributed by atoms with E-state index in [1.807, 2.05) is 13.8 Å². The van der Waals surface area contributed by atoms with Gasteiger partial charge in [-0.15, -0.1) is 18.0 Å². The summed E-state index contributed by atoms with van der Waals surface area (Å²) in [5, 5.41) is 0. The maximum Gasteiger partial charge on any atom is 0.122 e. The summed E-state index contributed by atoms with van der Waals surface area (Å²) in [6.07, 6.45) is 5.13. The third kappa shape index (κ3) is 4.32. The van der Waals surface area contributed by atoms with Crippen molar-refractivity contribution in [1.29, 1.82) is 0 Å². The second-order valence-corrected chi connectivity index (χ2v) is 2.57. The first-order valence-electron chi connectivity index (χ1n) is 2.80. The van der Waals surface area contributed by atoms with Crippen molar-refractivity contribution in [2.45, 2.75) is 19.4 Å². The molecule has 0 atom stereocenters. The van der Waals surface area contributed by atoms with Gasteiger partial charge in [-0.25, -0.2) is 0 Å². The number of rotatable bonds is 3. The average Bonchev–Trinajstić information content (AvgIpc) is 1.84. The molecule has 0 aromatic carbocycles. The van der Waals surface area contributed by atoms with E-state index in [9.17, 15) is 0 Å². The second kappa shape index (κ2) is 3.76. The normalized spacial score (nSPS) is 10.9. The van der Waals surface area contributed by atoms with Crippen LogP contribution < -0.4 is 0 Å². The van der Waals surface area contributed by atoms with Crippen molar-refractivity contribution >= 4 is 11.6 Å². The first-order valence-corrected chi connectivity index (χ1v) is 3.33. The lowest BCUT2D eigenvalue weighted by Crippen LogP contribution is -2.22. The fourth-order valence-corrected chi connectivity index (χ4v) is 0.413. The maximum atomic E-state index is 5.37. The van der Waals surface area contributed by atoms with Crippen LogP contribution in [0.2, 0.25) is 0 Å². The van der Waals surface area contributed by atoms with Crippen LogP contribution in [-0.2, 0) is 4.74 Å². The van der Waals surface area contributed by atoms with Crippen LogP contribution in [0, 0.1) is 12.3 Å². The van der Waals surface area contributed by atoms with Gasteiger partial charge in [0, 0.05) is 5.88 Å². The van der Waals surface area contributed by atoms with Crippen LogP contribution in [0.4, 0.5) is 0 Å². The van der Waals surface area contributed by atoms with Crippen molar-refractivity contribution in [3.63, 3.8) is 0 Å². The van der Waals surface area contributed by atoms with Crippen molar-refractivity contribution in [3.05, 3.63) is 0 Å². The molecule has 0 amide bonds. The SMILES string of the molecule is C#CC(C)(C)OCCCl. The number of halogens is 1. The summed E-state index contributed by atoms with van der Waals surface area (Å²) in [5.74, 6) is 2.99. The van der Waals surface area contributed by atoms with Crippen molar-refractivity contribution < 1.29 is 4.74 Å². The topological polar surface area (TPSA) is 9.23 Å². The fraction of sp³-hybridized carbons (Fsp3) is 0.714. The molecule has 2 heteroatoms. The van der Waals surface area contributed by atoms with Gasteiger partial charge in [0.25, 0.3) is 0 Å². The summed E-state index contributed by atoms with van der Waals surface area (Å²) in [7, 11) is 0. The molecule has 0 saturated heterocycles. The maximum absolute atomic E-state index is 5.37. The Morgan fingerprint density at radius 1 is 1.67 bits per heavy atom. The van der Waals surface area contributed by atoms with E-state index in [1.54, 1.807) is 0 Å². The van der Waals surface area contributed by atoms with Gasteiger partial charge in [0.15, 0.2) is 0 Å². The molecular weight excluding hydrogens is 136 g/mol. The van der Waals surface area contributed by atoms with Gasteiger partial charge < -0.3 is 4.74 Å². The predicted octanol–water partition coefficient (Wildman–Crippen LogP) is 1.65. The third-order valence-electron chi connectivity index (χ3n) is 0.888. The third-order valence-corrected chi connectivity index (χ3v) is 1.04. The Morgan fingerprint density at radius 2 is 2.22 bits per heavy atom. The number of alkyl halides is 1. The van der Waals surface area contributed by atoms with E-state index < -0.39 is 5.60 Å². The lowest BCUT2D eigenvalue weighted by atomic mass is 10.1. The van der Waals surface area contributed by atoms with E-state index >= 15 is 0 Å². The van der Waals surface area contributed by atoms with E-state index in [0.717, 1.165) is 0 Å². The second-order valence-electron chi connectivity index (χ2n) is 2.19. The van der Waals surface area contributed by atoms with Crippen LogP contribution in [0.25, 0.3) is 0 Å². The number of terminal acetylenes is 1. The fourth-order valence-electron chi connectivity index (χ4n) is 0.335. The van der Waals surface area contributed by atoms with Crippen LogP contribution in [0.1, 0.15) is 13.8 Å². The van der Waals surface area contributed by atoms with Gasteiger partial charge in [-0.1, -0.05) is 5.92 Å². The highest BCUT2D eigenvalue weighted by molar-refractivity contribution is 6.17. The van der Waals surface area contributed by atoms with E-state index in [4.69, 9.17) is 22.8 Å². The Hall–Kier alpha value is -0.190. The summed E-state index contributed by atoms with van der Waals surface area (Å²) in [6, 6.07) is 0. The minimum atomic E-state index is -0.463. The summed E-state index contributed by atoms with van der Waals surface area (Å²) < 4.78 is 5.16. The molecule has 0 radical (unpaired) electrons. The van der Waals surface area contributed by atoms with Gasteiger partial charge in [0.05, 0.1) is 6.61 Å². The Kier molecular flexibility index (Phi) is 3.68. The molecule has 0 aliphatic rings. The zero-order valence-corrected chi connectivity index (χ0v) is 6.53. The lowest BCUT2D eigenvalue weighted by molar-refractivity contribution is 0.0376. The molecule has 0 rings (SSSR count). The summed E-state index contributed by atoms with van der Waals surface area (Å²) in [5.41, 5.74) is -0.463. The number of ether oxygens (including phenoxy) is 1. The van der Waals surface area contributed by atoms with Crippen LogP contribution in [-0.4, -0.2) is 18.1 Å². The van der Waals surface area contributed by atoms with Gasteiger partial charge in [-0.3, -0.25) is 0 Å². The molecule has 1 nitrogen and oxygen atoms in total.